The molecule has 3 heteroatoms. The fourth-order valence-corrected chi connectivity index (χ4v) is 11.9. The molecule has 0 atom stereocenters. The maximum absolute atomic E-state index is 2.53. The molecule has 0 N–H and O–H groups in total. The van der Waals surface area contributed by atoms with Gasteiger partial charge in [0.25, 0.3) is 0 Å². The van der Waals surface area contributed by atoms with E-state index in [1.165, 1.54) is 65.9 Å². The first-order valence-electron chi connectivity index (χ1n) is 19.8. The zero-order valence-electron chi connectivity index (χ0n) is 32.2. The van der Waals surface area contributed by atoms with Gasteiger partial charge in [0.1, 0.15) is 8.07 Å². The van der Waals surface area contributed by atoms with Crippen molar-refractivity contribution in [1.82, 2.24) is 0 Å². The first kappa shape index (κ1) is 34.5. The minimum absolute atomic E-state index is 1.14. The van der Waals surface area contributed by atoms with Gasteiger partial charge in [-0.1, -0.05) is 165 Å². The second-order valence-electron chi connectivity index (χ2n) is 15.4. The van der Waals surface area contributed by atoms with E-state index in [9.17, 15) is 0 Å². The van der Waals surface area contributed by atoms with Crippen molar-refractivity contribution in [2.75, 3.05) is 9.80 Å². The number of nitrogens with zero attached hydrogens (tertiary/aromatic N) is 2. The highest BCUT2D eigenvalue weighted by Gasteiger charge is 2.37. The molecule has 9 aromatic carbocycles. The molecule has 1 aliphatic rings. The SMILES string of the molecule is C[Si]1(C)c2cc(N(c3ccccc3)c3ccc(-c4ccccc4)cc3)ccc2-c2ccc(N(c3ccccc3)c3ccc(-c4ccccc4)cc3)c3cccc1c23. The van der Waals surface area contributed by atoms with E-state index in [1.54, 1.807) is 0 Å². The van der Waals surface area contributed by atoms with Crippen LogP contribution in [0.1, 0.15) is 0 Å². The fraction of sp³-hybridized carbons (Fsp3) is 0.0370. The summed E-state index contributed by atoms with van der Waals surface area (Å²) in [6, 6.07) is 79.6. The van der Waals surface area contributed by atoms with Crippen LogP contribution in [0.2, 0.25) is 13.1 Å². The summed E-state index contributed by atoms with van der Waals surface area (Å²) in [5.41, 5.74) is 14.4. The number of fused-ring (bicyclic) bond motifs is 2. The molecule has 0 amide bonds. The topological polar surface area (TPSA) is 6.48 Å². The summed E-state index contributed by atoms with van der Waals surface area (Å²) < 4.78 is 0. The van der Waals surface area contributed by atoms with Crippen molar-refractivity contribution in [2.24, 2.45) is 0 Å². The van der Waals surface area contributed by atoms with Gasteiger partial charge in [-0.25, -0.2) is 0 Å². The lowest BCUT2D eigenvalue weighted by molar-refractivity contribution is 1.28. The van der Waals surface area contributed by atoms with Crippen molar-refractivity contribution >= 4 is 63.3 Å². The second kappa shape index (κ2) is 14.3. The van der Waals surface area contributed by atoms with Crippen molar-refractivity contribution in [3.63, 3.8) is 0 Å². The zero-order valence-corrected chi connectivity index (χ0v) is 33.2. The van der Waals surface area contributed by atoms with Gasteiger partial charge in [0.05, 0.1) is 5.69 Å². The molecule has 1 heterocycles. The highest BCUT2D eigenvalue weighted by atomic mass is 28.3. The van der Waals surface area contributed by atoms with E-state index >= 15 is 0 Å². The van der Waals surface area contributed by atoms with Crippen LogP contribution in [0.15, 0.2) is 218 Å². The summed E-state index contributed by atoms with van der Waals surface area (Å²) in [5.74, 6) is 0. The third kappa shape index (κ3) is 6.14. The lowest BCUT2D eigenvalue weighted by Gasteiger charge is -2.36. The van der Waals surface area contributed by atoms with Gasteiger partial charge < -0.3 is 9.80 Å². The number of hydrogen-bond donors (Lipinski definition) is 0. The Labute approximate surface area is 336 Å². The van der Waals surface area contributed by atoms with E-state index in [0.717, 1.165) is 22.7 Å². The van der Waals surface area contributed by atoms with E-state index in [1.807, 2.05) is 0 Å². The molecule has 0 aromatic heterocycles. The highest BCUT2D eigenvalue weighted by Crippen LogP contribution is 2.45. The van der Waals surface area contributed by atoms with Crippen LogP contribution in [0.5, 0.6) is 0 Å². The van der Waals surface area contributed by atoms with Crippen molar-refractivity contribution < 1.29 is 0 Å². The van der Waals surface area contributed by atoms with Gasteiger partial charge in [0.15, 0.2) is 0 Å². The first-order valence-corrected chi connectivity index (χ1v) is 22.8. The predicted molar refractivity (Wildman–Crippen MR) is 246 cm³/mol. The summed E-state index contributed by atoms with van der Waals surface area (Å²) in [7, 11) is -2.20. The Morgan fingerprint density at radius 1 is 0.316 bits per heavy atom. The van der Waals surface area contributed by atoms with Crippen molar-refractivity contribution in [3.8, 4) is 33.4 Å². The average molecular weight is 747 g/mol. The average Bonchev–Trinajstić information content (AvgIpc) is 3.28. The van der Waals surface area contributed by atoms with Gasteiger partial charge in [0.2, 0.25) is 0 Å². The molecule has 10 rings (SSSR count). The lowest BCUT2D eigenvalue weighted by Crippen LogP contribution is -2.56. The fourth-order valence-electron chi connectivity index (χ4n) is 8.80. The molecule has 0 radical (unpaired) electrons. The standard InChI is InChI=1S/C54H42N2Si/c1-57(2)52-25-15-24-50-51(56(44-22-13-6-14-23-44)46-32-28-42(29-33-46)40-18-9-4-10-19-40)37-36-49(54(50)52)48-35-34-47(38-53(48)57)55(43-20-11-5-12-21-43)45-30-26-41(27-31-45)39-16-7-3-8-17-39/h3-38H,1-2H3. The van der Waals surface area contributed by atoms with E-state index in [-0.39, 0.29) is 0 Å². The van der Waals surface area contributed by atoms with E-state index in [2.05, 4.69) is 241 Å². The molecular weight excluding hydrogens is 705 g/mol. The minimum Gasteiger partial charge on any atom is -0.311 e. The van der Waals surface area contributed by atoms with Gasteiger partial charge in [-0.2, -0.15) is 0 Å². The predicted octanol–water partition coefficient (Wildman–Crippen LogP) is 13.9. The van der Waals surface area contributed by atoms with Crippen molar-refractivity contribution in [2.45, 2.75) is 13.1 Å². The van der Waals surface area contributed by atoms with E-state index < -0.39 is 8.07 Å². The van der Waals surface area contributed by atoms with Gasteiger partial charge in [-0.05, 0) is 116 Å². The smallest absolute Gasteiger partial charge is 0.113 e. The number of benzene rings is 9. The summed E-state index contributed by atoms with van der Waals surface area (Å²) in [4.78, 5) is 4.82. The Kier molecular flexibility index (Phi) is 8.66. The molecule has 0 saturated carbocycles. The second-order valence-corrected chi connectivity index (χ2v) is 19.7. The lowest BCUT2D eigenvalue weighted by atomic mass is 9.95. The molecule has 57 heavy (non-hydrogen) atoms. The van der Waals surface area contributed by atoms with Crippen LogP contribution in [0.3, 0.4) is 0 Å². The molecule has 272 valence electrons. The maximum Gasteiger partial charge on any atom is 0.113 e. The zero-order chi connectivity index (χ0) is 38.3. The van der Waals surface area contributed by atoms with Crippen LogP contribution in [0.25, 0.3) is 44.2 Å². The van der Waals surface area contributed by atoms with E-state index in [0.29, 0.717) is 0 Å². The third-order valence-corrected chi connectivity index (χ3v) is 15.2. The number of rotatable bonds is 8. The van der Waals surface area contributed by atoms with Crippen molar-refractivity contribution in [1.29, 1.82) is 0 Å². The first-order chi connectivity index (χ1) is 28.0. The van der Waals surface area contributed by atoms with Gasteiger partial charge in [-0.15, -0.1) is 0 Å². The Morgan fingerprint density at radius 3 is 1.32 bits per heavy atom. The Hall–Kier alpha value is -6.94. The Morgan fingerprint density at radius 2 is 0.754 bits per heavy atom. The normalized spacial score (nSPS) is 12.5. The van der Waals surface area contributed by atoms with Crippen LogP contribution >= 0.6 is 0 Å². The quantitative estimate of drug-likeness (QED) is 0.143. The molecule has 0 bridgehead atoms. The molecular formula is C54H42N2Si. The summed E-state index contributed by atoms with van der Waals surface area (Å²) in [5, 5.41) is 5.60. The van der Waals surface area contributed by atoms with Crippen LogP contribution in [0.4, 0.5) is 34.1 Å². The molecule has 0 fully saturated rings. The van der Waals surface area contributed by atoms with Gasteiger partial charge >= 0.3 is 0 Å². The van der Waals surface area contributed by atoms with Crippen LogP contribution in [-0.4, -0.2) is 8.07 Å². The molecule has 0 saturated heterocycles. The molecule has 1 aliphatic heterocycles. The molecule has 0 aliphatic carbocycles. The largest absolute Gasteiger partial charge is 0.311 e. The maximum atomic E-state index is 2.53. The number of para-hydroxylation sites is 2. The molecule has 0 spiro atoms. The monoisotopic (exact) mass is 746 g/mol. The van der Waals surface area contributed by atoms with Crippen LogP contribution in [0, 0.1) is 0 Å². The molecule has 9 aromatic rings. The van der Waals surface area contributed by atoms with Gasteiger partial charge in [-0.3, -0.25) is 0 Å². The summed E-state index contributed by atoms with van der Waals surface area (Å²) in [6.45, 7) is 5.05. The van der Waals surface area contributed by atoms with Crippen molar-refractivity contribution in [3.05, 3.63) is 218 Å². The Balaban J connectivity index is 1.10. The molecule has 0 unspecified atom stereocenters. The number of anilines is 6. The summed E-state index contributed by atoms with van der Waals surface area (Å²) >= 11 is 0. The van der Waals surface area contributed by atoms with E-state index in [4.69, 9.17) is 0 Å². The Bertz CT molecular complexity index is 2840. The highest BCUT2D eigenvalue weighted by molar-refractivity contribution is 7.03. The summed E-state index contributed by atoms with van der Waals surface area (Å²) in [6.07, 6.45) is 0. The van der Waals surface area contributed by atoms with Crippen LogP contribution < -0.4 is 20.2 Å². The minimum atomic E-state index is -2.20. The third-order valence-electron chi connectivity index (χ3n) is 11.7. The molecule has 2 nitrogen and oxygen atoms in total. The van der Waals surface area contributed by atoms with Crippen LogP contribution in [-0.2, 0) is 0 Å². The van der Waals surface area contributed by atoms with Gasteiger partial charge in [0, 0.05) is 33.8 Å². The number of hydrogen-bond acceptors (Lipinski definition) is 2.